The van der Waals surface area contributed by atoms with Crippen molar-refractivity contribution in [2.24, 2.45) is 0 Å². The molecule has 0 radical (unpaired) electrons. The number of benzene rings is 4. The molecule has 0 saturated heterocycles. The van der Waals surface area contributed by atoms with Crippen molar-refractivity contribution in [3.63, 3.8) is 0 Å². The number of fused-ring (bicyclic) bond motifs is 3. The molecule has 0 bridgehead atoms. The minimum absolute atomic E-state index is 0.200. The van der Waals surface area contributed by atoms with E-state index in [1.807, 2.05) is 36.4 Å². The number of nitro benzene ring substituents is 1. The summed E-state index contributed by atoms with van der Waals surface area (Å²) in [7, 11) is -2.89. The van der Waals surface area contributed by atoms with Gasteiger partial charge in [0.1, 0.15) is 12.3 Å². The number of nitrogens with one attached hydrogen (secondary N) is 1. The average molecular weight is 573 g/mol. The SMILES string of the molecule is CCn1c2ccccc2c2cc(NC(=O)CN(c3ccc(OC)cc3)S(=O)(=O)c3ccc(C)c([N+](=O)[O-])c3)ccc21. The molecule has 0 saturated carbocycles. The van der Waals surface area contributed by atoms with Crippen molar-refractivity contribution in [3.05, 3.63) is 101 Å². The molecule has 1 aromatic heterocycles. The van der Waals surface area contributed by atoms with Crippen molar-refractivity contribution in [3.8, 4) is 5.75 Å². The number of carbonyl (C=O) groups excluding carboxylic acids is 1. The van der Waals surface area contributed by atoms with E-state index in [1.165, 1.54) is 38.3 Å². The maximum atomic E-state index is 13.8. The predicted molar refractivity (Wildman–Crippen MR) is 159 cm³/mol. The highest BCUT2D eigenvalue weighted by Crippen LogP contribution is 2.32. The lowest BCUT2D eigenvalue weighted by molar-refractivity contribution is -0.385. The molecule has 0 fully saturated rings. The Kier molecular flexibility index (Phi) is 7.38. The average Bonchev–Trinajstić information content (AvgIpc) is 3.28. The summed E-state index contributed by atoms with van der Waals surface area (Å²) in [6.45, 7) is 3.81. The van der Waals surface area contributed by atoms with E-state index < -0.39 is 27.4 Å². The molecule has 210 valence electrons. The van der Waals surface area contributed by atoms with Gasteiger partial charge >= 0.3 is 0 Å². The molecule has 5 rings (SSSR count). The Labute approximate surface area is 237 Å². The van der Waals surface area contributed by atoms with Crippen LogP contribution in [0.25, 0.3) is 21.8 Å². The molecule has 0 aliphatic heterocycles. The Hall–Kier alpha value is -4.90. The first kappa shape index (κ1) is 27.7. The number of aryl methyl sites for hydroxylation is 2. The Bertz CT molecular complexity index is 1900. The number of hydrogen-bond acceptors (Lipinski definition) is 6. The van der Waals surface area contributed by atoms with Gasteiger partial charge in [-0.25, -0.2) is 8.42 Å². The fourth-order valence-corrected chi connectivity index (χ4v) is 6.38. The molecule has 4 aromatic carbocycles. The van der Waals surface area contributed by atoms with Gasteiger partial charge in [0.25, 0.3) is 15.7 Å². The highest BCUT2D eigenvalue weighted by atomic mass is 32.2. The van der Waals surface area contributed by atoms with Gasteiger partial charge in [0.2, 0.25) is 5.91 Å². The number of methoxy groups -OCH3 is 1. The smallest absolute Gasteiger partial charge is 0.273 e. The molecule has 41 heavy (non-hydrogen) atoms. The van der Waals surface area contributed by atoms with Crippen molar-refractivity contribution < 1.29 is 22.9 Å². The third kappa shape index (κ3) is 5.19. The van der Waals surface area contributed by atoms with Crippen LogP contribution in [0.15, 0.2) is 89.8 Å². The minimum atomic E-state index is -4.37. The van der Waals surface area contributed by atoms with Gasteiger partial charge in [0.15, 0.2) is 0 Å². The summed E-state index contributed by atoms with van der Waals surface area (Å²) in [6, 6.07) is 23.4. The summed E-state index contributed by atoms with van der Waals surface area (Å²) < 4.78 is 35.9. The van der Waals surface area contributed by atoms with E-state index in [4.69, 9.17) is 4.74 Å². The molecule has 0 unspecified atom stereocenters. The lowest BCUT2D eigenvalue weighted by Crippen LogP contribution is -2.38. The first-order valence-electron chi connectivity index (χ1n) is 12.9. The van der Waals surface area contributed by atoms with Crippen molar-refractivity contribution >= 4 is 54.8 Å². The third-order valence-corrected chi connectivity index (χ3v) is 8.76. The third-order valence-electron chi connectivity index (χ3n) is 6.99. The zero-order valence-corrected chi connectivity index (χ0v) is 23.5. The van der Waals surface area contributed by atoms with Crippen LogP contribution in [0.2, 0.25) is 0 Å². The maximum Gasteiger partial charge on any atom is 0.273 e. The van der Waals surface area contributed by atoms with Crippen LogP contribution in [0.3, 0.4) is 0 Å². The van der Waals surface area contributed by atoms with Crippen molar-refractivity contribution in [2.45, 2.75) is 25.3 Å². The van der Waals surface area contributed by atoms with Crippen LogP contribution in [0.4, 0.5) is 17.1 Å². The first-order valence-corrected chi connectivity index (χ1v) is 14.3. The Morgan fingerprint density at radius 1 is 0.976 bits per heavy atom. The van der Waals surface area contributed by atoms with Crippen molar-refractivity contribution in [1.82, 2.24) is 4.57 Å². The molecular formula is C30H28N4O6S. The molecule has 10 nitrogen and oxygen atoms in total. The van der Waals surface area contributed by atoms with Crippen molar-refractivity contribution in [2.75, 3.05) is 23.3 Å². The fraction of sp³-hybridized carbons (Fsp3) is 0.167. The molecule has 0 atom stereocenters. The molecule has 1 heterocycles. The van der Waals surface area contributed by atoms with Gasteiger partial charge in [-0.2, -0.15) is 0 Å². The summed E-state index contributed by atoms with van der Waals surface area (Å²) in [5.41, 5.74) is 2.81. The first-order chi connectivity index (χ1) is 19.6. The summed E-state index contributed by atoms with van der Waals surface area (Å²) in [6.07, 6.45) is 0. The maximum absolute atomic E-state index is 13.8. The highest BCUT2D eigenvalue weighted by Gasteiger charge is 2.29. The Morgan fingerprint density at radius 2 is 1.68 bits per heavy atom. The predicted octanol–water partition coefficient (Wildman–Crippen LogP) is 5.87. The molecular weight excluding hydrogens is 544 g/mol. The number of carbonyl (C=O) groups is 1. The number of sulfonamides is 1. The number of ether oxygens (including phenoxy) is 1. The highest BCUT2D eigenvalue weighted by molar-refractivity contribution is 7.92. The van der Waals surface area contributed by atoms with Crippen LogP contribution >= 0.6 is 0 Å². The molecule has 0 aliphatic carbocycles. The molecule has 11 heteroatoms. The minimum Gasteiger partial charge on any atom is -0.497 e. The second kappa shape index (κ2) is 10.9. The van der Waals surface area contributed by atoms with Crippen molar-refractivity contribution in [1.29, 1.82) is 0 Å². The number of amides is 1. The van der Waals surface area contributed by atoms with E-state index >= 15 is 0 Å². The van der Waals surface area contributed by atoms with Gasteiger partial charge in [-0.1, -0.05) is 24.3 Å². The van der Waals surface area contributed by atoms with E-state index in [0.717, 1.165) is 38.7 Å². The molecule has 1 N–H and O–H groups in total. The van der Waals surface area contributed by atoms with Gasteiger partial charge < -0.3 is 14.6 Å². The molecule has 0 spiro atoms. The largest absolute Gasteiger partial charge is 0.497 e. The van der Waals surface area contributed by atoms with Gasteiger partial charge in [-0.3, -0.25) is 19.2 Å². The van der Waals surface area contributed by atoms with Crippen LogP contribution < -0.4 is 14.4 Å². The van der Waals surface area contributed by atoms with E-state index in [9.17, 15) is 23.3 Å². The lowest BCUT2D eigenvalue weighted by atomic mass is 10.1. The number of aromatic nitrogens is 1. The molecule has 0 aliphatic rings. The van der Waals surface area contributed by atoms with Crippen LogP contribution in [-0.2, 0) is 21.4 Å². The van der Waals surface area contributed by atoms with Crippen LogP contribution in [0.1, 0.15) is 12.5 Å². The number of nitro groups is 1. The van der Waals surface area contributed by atoms with Crippen LogP contribution in [-0.4, -0.2) is 37.5 Å². The van der Waals surface area contributed by atoms with E-state index in [2.05, 4.69) is 16.8 Å². The van der Waals surface area contributed by atoms with E-state index in [1.54, 1.807) is 18.2 Å². The van der Waals surface area contributed by atoms with Crippen LogP contribution in [0, 0.1) is 17.0 Å². The standard InChI is InChI=1S/C30H28N4O6S/c1-4-32-27-8-6-5-7-25(27)26-17-21(10-16-28(26)32)31-30(35)19-33(22-11-13-23(40-3)14-12-22)41(38,39)24-15-9-20(2)29(18-24)34(36)37/h5-18H,4,19H2,1-3H3,(H,31,35). The number of rotatable bonds is 9. The second-order valence-corrected chi connectivity index (χ2v) is 11.3. The van der Waals surface area contributed by atoms with Gasteiger partial charge in [0, 0.05) is 45.7 Å². The lowest BCUT2D eigenvalue weighted by Gasteiger charge is -2.24. The number of nitrogens with zero attached hydrogens (tertiary/aromatic N) is 3. The zero-order valence-electron chi connectivity index (χ0n) is 22.7. The molecule has 5 aromatic rings. The fourth-order valence-electron chi connectivity index (χ4n) is 4.94. The second-order valence-electron chi connectivity index (χ2n) is 9.46. The number of para-hydroxylation sites is 1. The van der Waals surface area contributed by atoms with Gasteiger partial charge in [0.05, 0.1) is 22.6 Å². The summed E-state index contributed by atoms with van der Waals surface area (Å²) >= 11 is 0. The van der Waals surface area contributed by atoms with Crippen LogP contribution in [0.5, 0.6) is 5.75 Å². The van der Waals surface area contributed by atoms with Gasteiger partial charge in [-0.15, -0.1) is 0 Å². The number of anilines is 2. The van der Waals surface area contributed by atoms with E-state index in [0.29, 0.717) is 17.0 Å². The topological polar surface area (TPSA) is 124 Å². The quantitative estimate of drug-likeness (QED) is 0.174. The summed E-state index contributed by atoms with van der Waals surface area (Å²) in [4.78, 5) is 23.9. The zero-order chi connectivity index (χ0) is 29.3. The number of hydrogen-bond donors (Lipinski definition) is 1. The Balaban J connectivity index is 1.50. The van der Waals surface area contributed by atoms with Gasteiger partial charge in [-0.05, 0) is 68.4 Å². The molecule has 1 amide bonds. The summed E-state index contributed by atoms with van der Waals surface area (Å²) in [5, 5.41) is 16.3. The van der Waals surface area contributed by atoms with E-state index in [-0.39, 0.29) is 16.3 Å². The summed E-state index contributed by atoms with van der Waals surface area (Å²) in [5.74, 6) is -0.0781. The monoisotopic (exact) mass is 572 g/mol. The normalized spacial score (nSPS) is 11.5. The Morgan fingerprint density at radius 3 is 2.37 bits per heavy atom.